The normalized spacial score (nSPS) is 14.3. The van der Waals surface area contributed by atoms with Gasteiger partial charge in [0.2, 0.25) is 0 Å². The van der Waals surface area contributed by atoms with Crippen LogP contribution in [0.25, 0.3) is 5.82 Å². The SMILES string of the molecule is Cc1cc(C)n(-c2ccc(N3CCN(C(=O)c4ccc(C)c(F)c4)CC3)nn2)n1. The number of carbonyl (C=O) groups excluding carboxylic acids is 1. The molecule has 1 amide bonds. The van der Waals surface area contributed by atoms with Crippen LogP contribution in [0.3, 0.4) is 0 Å². The molecule has 1 aromatic carbocycles. The topological polar surface area (TPSA) is 67.2 Å². The molecule has 29 heavy (non-hydrogen) atoms. The van der Waals surface area contributed by atoms with Crippen molar-refractivity contribution in [3.63, 3.8) is 0 Å². The van der Waals surface area contributed by atoms with Crippen LogP contribution in [0.1, 0.15) is 27.3 Å². The van der Waals surface area contributed by atoms with Gasteiger partial charge in [-0.1, -0.05) is 6.07 Å². The summed E-state index contributed by atoms with van der Waals surface area (Å²) in [5, 5.41) is 13.1. The molecule has 1 aliphatic rings. The van der Waals surface area contributed by atoms with E-state index in [0.29, 0.717) is 43.1 Å². The molecule has 0 bridgehead atoms. The van der Waals surface area contributed by atoms with E-state index in [9.17, 15) is 9.18 Å². The number of aryl methyl sites for hydroxylation is 3. The highest BCUT2D eigenvalue weighted by Gasteiger charge is 2.23. The predicted molar refractivity (Wildman–Crippen MR) is 108 cm³/mol. The van der Waals surface area contributed by atoms with Crippen molar-refractivity contribution < 1.29 is 9.18 Å². The highest BCUT2D eigenvalue weighted by atomic mass is 19.1. The number of nitrogens with zero attached hydrogens (tertiary/aromatic N) is 6. The minimum Gasteiger partial charge on any atom is -0.352 e. The number of amides is 1. The number of benzene rings is 1. The zero-order chi connectivity index (χ0) is 20.5. The number of halogens is 1. The summed E-state index contributed by atoms with van der Waals surface area (Å²) < 4.78 is 15.5. The van der Waals surface area contributed by atoms with Crippen LogP contribution in [0.4, 0.5) is 10.2 Å². The quantitative estimate of drug-likeness (QED) is 0.683. The average Bonchev–Trinajstić information content (AvgIpc) is 3.08. The second kappa shape index (κ2) is 7.62. The lowest BCUT2D eigenvalue weighted by Crippen LogP contribution is -2.49. The molecule has 0 atom stereocenters. The number of anilines is 1. The molecule has 0 N–H and O–H groups in total. The summed E-state index contributed by atoms with van der Waals surface area (Å²) in [5.41, 5.74) is 2.86. The van der Waals surface area contributed by atoms with Crippen molar-refractivity contribution in [1.29, 1.82) is 0 Å². The summed E-state index contributed by atoms with van der Waals surface area (Å²) >= 11 is 0. The van der Waals surface area contributed by atoms with Crippen molar-refractivity contribution in [1.82, 2.24) is 24.9 Å². The molecule has 1 aliphatic heterocycles. The Hall–Kier alpha value is -3.29. The van der Waals surface area contributed by atoms with Gasteiger partial charge in [-0.25, -0.2) is 9.07 Å². The van der Waals surface area contributed by atoms with Crippen molar-refractivity contribution in [2.45, 2.75) is 20.8 Å². The molecule has 1 saturated heterocycles. The Morgan fingerprint density at radius 3 is 2.21 bits per heavy atom. The molecule has 7 nitrogen and oxygen atoms in total. The molecule has 3 aromatic rings. The minimum atomic E-state index is -0.354. The summed E-state index contributed by atoms with van der Waals surface area (Å²) in [7, 11) is 0. The molecule has 0 aliphatic carbocycles. The van der Waals surface area contributed by atoms with Gasteiger partial charge < -0.3 is 9.80 Å². The maximum absolute atomic E-state index is 13.8. The van der Waals surface area contributed by atoms with E-state index in [4.69, 9.17) is 0 Å². The lowest BCUT2D eigenvalue weighted by atomic mass is 10.1. The van der Waals surface area contributed by atoms with Crippen molar-refractivity contribution in [2.24, 2.45) is 0 Å². The van der Waals surface area contributed by atoms with Gasteiger partial charge in [0.05, 0.1) is 5.69 Å². The molecule has 8 heteroatoms. The van der Waals surface area contributed by atoms with Crippen LogP contribution in [0.5, 0.6) is 0 Å². The lowest BCUT2D eigenvalue weighted by molar-refractivity contribution is 0.0746. The lowest BCUT2D eigenvalue weighted by Gasteiger charge is -2.35. The monoisotopic (exact) mass is 394 g/mol. The number of rotatable bonds is 3. The van der Waals surface area contributed by atoms with Gasteiger partial charge in [0, 0.05) is 37.4 Å². The Kier molecular flexibility index (Phi) is 5.00. The van der Waals surface area contributed by atoms with Gasteiger partial charge in [-0.05, 0) is 56.7 Å². The molecular formula is C21H23FN6O. The summed E-state index contributed by atoms with van der Waals surface area (Å²) in [4.78, 5) is 16.5. The molecule has 150 valence electrons. The van der Waals surface area contributed by atoms with Crippen LogP contribution in [-0.2, 0) is 0 Å². The maximum Gasteiger partial charge on any atom is 0.254 e. The zero-order valence-corrected chi connectivity index (χ0v) is 16.8. The van der Waals surface area contributed by atoms with Gasteiger partial charge in [-0.3, -0.25) is 4.79 Å². The predicted octanol–water partition coefficient (Wildman–Crippen LogP) is 2.69. The molecule has 0 radical (unpaired) electrons. The Morgan fingerprint density at radius 2 is 1.62 bits per heavy atom. The smallest absolute Gasteiger partial charge is 0.254 e. The molecular weight excluding hydrogens is 371 g/mol. The fourth-order valence-corrected chi connectivity index (χ4v) is 3.51. The van der Waals surface area contributed by atoms with Crippen LogP contribution in [0.15, 0.2) is 36.4 Å². The highest BCUT2D eigenvalue weighted by molar-refractivity contribution is 5.94. The second-order valence-electron chi connectivity index (χ2n) is 7.33. The number of piperazine rings is 1. The van der Waals surface area contributed by atoms with E-state index < -0.39 is 0 Å². The molecule has 1 fully saturated rings. The zero-order valence-electron chi connectivity index (χ0n) is 16.8. The van der Waals surface area contributed by atoms with Crippen LogP contribution in [0, 0.1) is 26.6 Å². The third kappa shape index (κ3) is 3.83. The summed E-state index contributed by atoms with van der Waals surface area (Å²) in [6, 6.07) is 10.4. The van der Waals surface area contributed by atoms with E-state index >= 15 is 0 Å². The van der Waals surface area contributed by atoms with E-state index in [1.165, 1.54) is 6.07 Å². The van der Waals surface area contributed by atoms with E-state index in [-0.39, 0.29) is 11.7 Å². The molecule has 0 spiro atoms. The van der Waals surface area contributed by atoms with Gasteiger partial charge in [0.15, 0.2) is 11.6 Å². The summed E-state index contributed by atoms with van der Waals surface area (Å²) in [6.07, 6.45) is 0. The summed E-state index contributed by atoms with van der Waals surface area (Å²) in [6.45, 7) is 8.00. The van der Waals surface area contributed by atoms with Crippen molar-refractivity contribution in [3.05, 3.63) is 64.7 Å². The van der Waals surface area contributed by atoms with Crippen LogP contribution < -0.4 is 4.90 Å². The van der Waals surface area contributed by atoms with Crippen molar-refractivity contribution in [3.8, 4) is 5.82 Å². The second-order valence-corrected chi connectivity index (χ2v) is 7.33. The first kappa shape index (κ1) is 19.0. The molecule has 4 rings (SSSR count). The van der Waals surface area contributed by atoms with E-state index in [0.717, 1.165) is 17.2 Å². The van der Waals surface area contributed by atoms with Crippen LogP contribution >= 0.6 is 0 Å². The first-order chi connectivity index (χ1) is 13.9. The Labute approximate surface area is 168 Å². The third-order valence-corrected chi connectivity index (χ3v) is 5.17. The Morgan fingerprint density at radius 1 is 0.931 bits per heavy atom. The number of hydrogen-bond acceptors (Lipinski definition) is 5. The number of hydrogen-bond donors (Lipinski definition) is 0. The fourth-order valence-electron chi connectivity index (χ4n) is 3.51. The van der Waals surface area contributed by atoms with Crippen LogP contribution in [-0.4, -0.2) is 57.0 Å². The summed E-state index contributed by atoms with van der Waals surface area (Å²) in [5.74, 6) is 0.945. The van der Waals surface area contributed by atoms with E-state index in [2.05, 4.69) is 20.2 Å². The Bertz CT molecular complexity index is 1040. The van der Waals surface area contributed by atoms with Gasteiger partial charge in [0.1, 0.15) is 5.82 Å². The van der Waals surface area contributed by atoms with Gasteiger partial charge in [0.25, 0.3) is 5.91 Å². The van der Waals surface area contributed by atoms with Gasteiger partial charge in [-0.2, -0.15) is 5.10 Å². The van der Waals surface area contributed by atoms with Crippen molar-refractivity contribution >= 4 is 11.7 Å². The first-order valence-electron chi connectivity index (χ1n) is 9.60. The van der Waals surface area contributed by atoms with E-state index in [1.807, 2.05) is 32.0 Å². The van der Waals surface area contributed by atoms with Crippen LogP contribution in [0.2, 0.25) is 0 Å². The third-order valence-electron chi connectivity index (χ3n) is 5.17. The average molecular weight is 394 g/mol. The van der Waals surface area contributed by atoms with Gasteiger partial charge >= 0.3 is 0 Å². The fraction of sp³-hybridized carbons (Fsp3) is 0.333. The number of carbonyl (C=O) groups is 1. The minimum absolute atomic E-state index is 0.144. The molecule has 0 saturated carbocycles. The van der Waals surface area contributed by atoms with Crippen molar-refractivity contribution in [2.75, 3.05) is 31.1 Å². The molecule has 0 unspecified atom stereocenters. The Balaban J connectivity index is 1.41. The standard InChI is InChI=1S/C21H23FN6O/c1-14-4-5-17(13-18(14)22)21(29)27-10-8-26(9-11-27)19-6-7-20(24-23-19)28-16(3)12-15(2)25-28/h4-7,12-13H,8-11H2,1-3H3. The van der Waals surface area contributed by atoms with Gasteiger partial charge in [-0.15, -0.1) is 10.2 Å². The molecule has 3 heterocycles. The van der Waals surface area contributed by atoms with E-state index in [1.54, 1.807) is 28.6 Å². The highest BCUT2D eigenvalue weighted by Crippen LogP contribution is 2.17. The number of aromatic nitrogens is 4. The molecule has 2 aromatic heterocycles. The maximum atomic E-state index is 13.8. The largest absolute Gasteiger partial charge is 0.352 e. The first-order valence-corrected chi connectivity index (χ1v) is 9.60.